The zero-order valence-electron chi connectivity index (χ0n) is 7.81. The molecular formula is C11H12N2O. The van der Waals surface area contributed by atoms with E-state index in [1.807, 2.05) is 0 Å². The number of hydrogen-bond acceptors (Lipinski definition) is 3. The Hall–Kier alpha value is -1.64. The number of pyridine rings is 1. The first-order chi connectivity index (χ1) is 6.77. The fraction of sp³-hybridized carbons (Fsp3) is 0.273. The van der Waals surface area contributed by atoms with Gasteiger partial charge in [-0.15, -0.1) is 0 Å². The number of ketones is 1. The van der Waals surface area contributed by atoms with E-state index in [0.717, 1.165) is 12.8 Å². The fourth-order valence-corrected chi connectivity index (χ4v) is 1.28. The molecule has 0 atom stereocenters. The van der Waals surface area contributed by atoms with Gasteiger partial charge in [-0.05, 0) is 30.9 Å². The molecule has 0 bridgehead atoms. The SMILES string of the molecule is NC(=CC(=O)c1cccnc1)C1CC1. The van der Waals surface area contributed by atoms with Crippen molar-refractivity contribution in [3.8, 4) is 0 Å². The average Bonchev–Trinajstić information content (AvgIpc) is 3.02. The average molecular weight is 188 g/mol. The van der Waals surface area contributed by atoms with Crippen LogP contribution in [0.5, 0.6) is 0 Å². The maximum Gasteiger partial charge on any atom is 0.189 e. The van der Waals surface area contributed by atoms with Crippen LogP contribution < -0.4 is 5.73 Å². The molecule has 0 spiro atoms. The molecule has 1 aromatic heterocycles. The molecule has 72 valence electrons. The minimum Gasteiger partial charge on any atom is -0.402 e. The minimum absolute atomic E-state index is 0.0532. The van der Waals surface area contributed by atoms with Crippen molar-refractivity contribution in [1.82, 2.24) is 4.98 Å². The summed E-state index contributed by atoms with van der Waals surface area (Å²) in [6, 6.07) is 3.49. The van der Waals surface area contributed by atoms with Gasteiger partial charge in [0.1, 0.15) is 0 Å². The summed E-state index contributed by atoms with van der Waals surface area (Å²) >= 11 is 0. The molecule has 1 aromatic rings. The lowest BCUT2D eigenvalue weighted by molar-refractivity contribution is 0.104. The van der Waals surface area contributed by atoms with Crippen molar-refractivity contribution in [3.05, 3.63) is 41.9 Å². The van der Waals surface area contributed by atoms with Crippen LogP contribution in [0.15, 0.2) is 36.3 Å². The van der Waals surface area contributed by atoms with Crippen molar-refractivity contribution in [3.63, 3.8) is 0 Å². The summed E-state index contributed by atoms with van der Waals surface area (Å²) in [7, 11) is 0. The molecular weight excluding hydrogens is 176 g/mol. The van der Waals surface area contributed by atoms with E-state index in [0.29, 0.717) is 17.2 Å². The Kier molecular flexibility index (Phi) is 2.31. The third kappa shape index (κ3) is 1.99. The van der Waals surface area contributed by atoms with Crippen LogP contribution in [0.4, 0.5) is 0 Å². The maximum absolute atomic E-state index is 11.6. The van der Waals surface area contributed by atoms with Crippen molar-refractivity contribution in [1.29, 1.82) is 0 Å². The molecule has 1 aliphatic rings. The van der Waals surface area contributed by atoms with Crippen molar-refractivity contribution >= 4 is 5.78 Å². The van der Waals surface area contributed by atoms with E-state index in [1.54, 1.807) is 24.5 Å². The molecule has 0 aromatic carbocycles. The predicted octanol–water partition coefficient (Wildman–Crippen LogP) is 1.52. The van der Waals surface area contributed by atoms with Gasteiger partial charge in [0, 0.05) is 29.7 Å². The molecule has 1 heterocycles. The van der Waals surface area contributed by atoms with Crippen LogP contribution in [0.1, 0.15) is 23.2 Å². The zero-order valence-corrected chi connectivity index (χ0v) is 7.81. The van der Waals surface area contributed by atoms with Crippen molar-refractivity contribution < 1.29 is 4.79 Å². The Labute approximate surface area is 82.6 Å². The van der Waals surface area contributed by atoms with Gasteiger partial charge in [0.2, 0.25) is 0 Å². The molecule has 0 amide bonds. The van der Waals surface area contributed by atoms with E-state index in [4.69, 9.17) is 5.73 Å². The van der Waals surface area contributed by atoms with E-state index in [9.17, 15) is 4.79 Å². The first kappa shape index (κ1) is 8.94. The van der Waals surface area contributed by atoms with Gasteiger partial charge in [-0.1, -0.05) is 0 Å². The van der Waals surface area contributed by atoms with E-state index in [-0.39, 0.29) is 5.78 Å². The lowest BCUT2D eigenvalue weighted by atomic mass is 10.1. The number of hydrogen-bond donors (Lipinski definition) is 1. The Morgan fingerprint density at radius 2 is 2.36 bits per heavy atom. The van der Waals surface area contributed by atoms with E-state index in [2.05, 4.69) is 4.98 Å². The molecule has 1 saturated carbocycles. The van der Waals surface area contributed by atoms with Crippen molar-refractivity contribution in [2.24, 2.45) is 11.7 Å². The van der Waals surface area contributed by atoms with Crippen LogP contribution >= 0.6 is 0 Å². The van der Waals surface area contributed by atoms with Crippen LogP contribution in [-0.2, 0) is 0 Å². The molecule has 14 heavy (non-hydrogen) atoms. The number of rotatable bonds is 3. The van der Waals surface area contributed by atoms with Crippen LogP contribution in [0, 0.1) is 5.92 Å². The standard InChI is InChI=1S/C11H12N2O/c12-10(8-3-4-8)6-11(14)9-2-1-5-13-7-9/h1-2,5-8H,3-4,12H2. The summed E-state index contributed by atoms with van der Waals surface area (Å²) in [5.41, 5.74) is 7.04. The summed E-state index contributed by atoms with van der Waals surface area (Å²) in [4.78, 5) is 15.5. The number of nitrogens with zero attached hydrogens (tertiary/aromatic N) is 1. The van der Waals surface area contributed by atoms with E-state index in [1.165, 1.54) is 6.08 Å². The van der Waals surface area contributed by atoms with Gasteiger partial charge in [0.15, 0.2) is 5.78 Å². The monoisotopic (exact) mass is 188 g/mol. The minimum atomic E-state index is -0.0532. The van der Waals surface area contributed by atoms with Crippen LogP contribution in [-0.4, -0.2) is 10.8 Å². The summed E-state index contributed by atoms with van der Waals surface area (Å²) in [6.07, 6.45) is 6.95. The van der Waals surface area contributed by atoms with Gasteiger partial charge < -0.3 is 5.73 Å². The highest BCUT2D eigenvalue weighted by molar-refractivity contribution is 6.04. The molecule has 1 aliphatic carbocycles. The summed E-state index contributed by atoms with van der Waals surface area (Å²) in [6.45, 7) is 0. The van der Waals surface area contributed by atoms with Crippen molar-refractivity contribution in [2.45, 2.75) is 12.8 Å². The van der Waals surface area contributed by atoms with Gasteiger partial charge >= 0.3 is 0 Å². The van der Waals surface area contributed by atoms with Crippen LogP contribution in [0.25, 0.3) is 0 Å². The normalized spacial score (nSPS) is 16.7. The third-order valence-corrected chi connectivity index (χ3v) is 2.29. The highest BCUT2D eigenvalue weighted by Gasteiger charge is 2.24. The Morgan fingerprint density at radius 1 is 1.57 bits per heavy atom. The Bertz CT molecular complexity index is 366. The Morgan fingerprint density at radius 3 is 2.93 bits per heavy atom. The summed E-state index contributed by atoms with van der Waals surface area (Å²) in [5.74, 6) is 0.387. The fourth-order valence-electron chi connectivity index (χ4n) is 1.28. The highest BCUT2D eigenvalue weighted by atomic mass is 16.1. The second-order valence-corrected chi connectivity index (χ2v) is 3.52. The molecule has 3 heteroatoms. The molecule has 3 nitrogen and oxygen atoms in total. The molecule has 0 unspecified atom stereocenters. The van der Waals surface area contributed by atoms with Gasteiger partial charge in [0.25, 0.3) is 0 Å². The second kappa shape index (κ2) is 3.62. The highest BCUT2D eigenvalue weighted by Crippen LogP contribution is 2.33. The topological polar surface area (TPSA) is 56.0 Å². The number of carbonyl (C=O) groups is 1. The lowest BCUT2D eigenvalue weighted by Gasteiger charge is -1.97. The van der Waals surface area contributed by atoms with Crippen LogP contribution in [0.2, 0.25) is 0 Å². The van der Waals surface area contributed by atoms with Gasteiger partial charge in [0.05, 0.1) is 0 Å². The Balaban J connectivity index is 2.12. The second-order valence-electron chi connectivity index (χ2n) is 3.52. The summed E-state index contributed by atoms with van der Waals surface area (Å²) in [5, 5.41) is 0. The number of aromatic nitrogens is 1. The first-order valence-corrected chi connectivity index (χ1v) is 4.69. The third-order valence-electron chi connectivity index (χ3n) is 2.29. The smallest absolute Gasteiger partial charge is 0.189 e. The van der Waals surface area contributed by atoms with Gasteiger partial charge in [-0.25, -0.2) is 0 Å². The maximum atomic E-state index is 11.6. The van der Waals surface area contributed by atoms with Crippen molar-refractivity contribution in [2.75, 3.05) is 0 Å². The molecule has 2 rings (SSSR count). The van der Waals surface area contributed by atoms with Crippen LogP contribution in [0.3, 0.4) is 0 Å². The van der Waals surface area contributed by atoms with E-state index < -0.39 is 0 Å². The van der Waals surface area contributed by atoms with Gasteiger partial charge in [-0.3, -0.25) is 9.78 Å². The molecule has 0 saturated heterocycles. The summed E-state index contributed by atoms with van der Waals surface area (Å²) < 4.78 is 0. The zero-order chi connectivity index (χ0) is 9.97. The largest absolute Gasteiger partial charge is 0.402 e. The molecule has 1 fully saturated rings. The van der Waals surface area contributed by atoms with E-state index >= 15 is 0 Å². The first-order valence-electron chi connectivity index (χ1n) is 4.69. The molecule has 0 radical (unpaired) electrons. The lowest BCUT2D eigenvalue weighted by Crippen LogP contribution is -2.04. The molecule has 0 aliphatic heterocycles. The van der Waals surface area contributed by atoms with Gasteiger partial charge in [-0.2, -0.15) is 0 Å². The predicted molar refractivity (Wildman–Crippen MR) is 53.6 cm³/mol. The number of allylic oxidation sites excluding steroid dienone is 2. The number of nitrogens with two attached hydrogens (primary N) is 1. The number of carbonyl (C=O) groups excluding carboxylic acids is 1. The quantitative estimate of drug-likeness (QED) is 0.578. The molecule has 2 N–H and O–H groups in total.